The fourth-order valence-electron chi connectivity index (χ4n) is 2.69. The van der Waals surface area contributed by atoms with Crippen LogP contribution in [-0.2, 0) is 16.0 Å². The van der Waals surface area contributed by atoms with Gasteiger partial charge in [-0.3, -0.25) is 4.79 Å². The van der Waals surface area contributed by atoms with Crippen LogP contribution in [-0.4, -0.2) is 29.7 Å². The lowest BCUT2D eigenvalue weighted by atomic mass is 10.2. The van der Waals surface area contributed by atoms with E-state index in [2.05, 4.69) is 5.16 Å². The first-order valence-electron chi connectivity index (χ1n) is 7.31. The molecule has 1 aliphatic heterocycles. The number of rotatable bonds is 3. The second kappa shape index (κ2) is 5.75. The Morgan fingerprint density at radius 3 is 2.83 bits per heavy atom. The number of para-hydroxylation sites is 1. The molecule has 0 unspecified atom stereocenters. The number of benzene rings is 1. The average molecular weight is 315 g/mol. The third-order valence-corrected chi connectivity index (χ3v) is 3.88. The number of aryl methyl sites for hydroxylation is 1. The smallest absolute Gasteiger partial charge is 0.346 e. The van der Waals surface area contributed by atoms with Crippen molar-refractivity contribution in [2.24, 2.45) is 0 Å². The van der Waals surface area contributed by atoms with Crippen LogP contribution in [0.3, 0.4) is 0 Å². The van der Waals surface area contributed by atoms with Gasteiger partial charge >= 0.3 is 5.97 Å². The van der Waals surface area contributed by atoms with E-state index < -0.39 is 12.1 Å². The average Bonchev–Trinajstić information content (AvgIpc) is 3.10. The molecule has 0 bridgehead atoms. The Hall–Kier alpha value is -2.83. The molecule has 3 rings (SSSR count). The Balaban J connectivity index is 1.73. The first kappa shape index (κ1) is 15.1. The first-order chi connectivity index (χ1) is 11.0. The standard InChI is InChI=1S/C16H17N3O4/c1-9-13(14(17)23-18-9)16(21)22-10(2)15(20)19-8-7-11-5-3-4-6-12(11)19/h3-6,10H,7-8,17H2,1-2H3/t10-/m1/s1. The maximum atomic E-state index is 12.6. The van der Waals surface area contributed by atoms with Crippen LogP contribution in [0.15, 0.2) is 28.8 Å². The van der Waals surface area contributed by atoms with Crippen molar-refractivity contribution in [1.29, 1.82) is 0 Å². The van der Waals surface area contributed by atoms with Gasteiger partial charge in [0.1, 0.15) is 5.56 Å². The van der Waals surface area contributed by atoms with Gasteiger partial charge in [0.15, 0.2) is 6.10 Å². The van der Waals surface area contributed by atoms with Crippen LogP contribution in [0.25, 0.3) is 0 Å². The summed E-state index contributed by atoms with van der Waals surface area (Å²) in [7, 11) is 0. The highest BCUT2D eigenvalue weighted by Crippen LogP contribution is 2.28. The number of nitrogens with two attached hydrogens (primary N) is 1. The van der Waals surface area contributed by atoms with E-state index in [9.17, 15) is 9.59 Å². The topological polar surface area (TPSA) is 98.7 Å². The maximum Gasteiger partial charge on any atom is 0.346 e. The van der Waals surface area contributed by atoms with Crippen LogP contribution in [0.2, 0.25) is 0 Å². The molecule has 120 valence electrons. The van der Waals surface area contributed by atoms with Crippen molar-refractivity contribution < 1.29 is 18.8 Å². The summed E-state index contributed by atoms with van der Waals surface area (Å²) in [5.41, 5.74) is 7.92. The molecular weight excluding hydrogens is 298 g/mol. The van der Waals surface area contributed by atoms with Crippen molar-refractivity contribution in [2.45, 2.75) is 26.4 Å². The second-order valence-corrected chi connectivity index (χ2v) is 5.42. The van der Waals surface area contributed by atoms with Crippen molar-refractivity contribution in [1.82, 2.24) is 5.16 Å². The van der Waals surface area contributed by atoms with Crippen LogP contribution in [0.5, 0.6) is 0 Å². The number of ether oxygens (including phenoxy) is 1. The van der Waals surface area contributed by atoms with Crippen molar-refractivity contribution >= 4 is 23.4 Å². The molecule has 2 heterocycles. The van der Waals surface area contributed by atoms with Gasteiger partial charge < -0.3 is 19.9 Å². The molecule has 2 aromatic rings. The molecule has 1 atom stereocenters. The quantitative estimate of drug-likeness (QED) is 0.866. The van der Waals surface area contributed by atoms with Crippen molar-refractivity contribution in [3.63, 3.8) is 0 Å². The zero-order valence-corrected chi connectivity index (χ0v) is 12.9. The van der Waals surface area contributed by atoms with Gasteiger partial charge in [0.05, 0.1) is 5.69 Å². The molecule has 1 aromatic heterocycles. The molecule has 7 heteroatoms. The Kier molecular flexibility index (Phi) is 3.77. The fraction of sp³-hybridized carbons (Fsp3) is 0.312. The van der Waals surface area contributed by atoms with Crippen molar-refractivity contribution in [3.8, 4) is 0 Å². The number of esters is 1. The lowest BCUT2D eigenvalue weighted by Gasteiger charge is -2.21. The lowest BCUT2D eigenvalue weighted by Crippen LogP contribution is -2.39. The summed E-state index contributed by atoms with van der Waals surface area (Å²) >= 11 is 0. The van der Waals surface area contributed by atoms with Gasteiger partial charge in [0, 0.05) is 12.2 Å². The van der Waals surface area contributed by atoms with E-state index in [0.29, 0.717) is 12.2 Å². The summed E-state index contributed by atoms with van der Waals surface area (Å²) < 4.78 is 9.97. The van der Waals surface area contributed by atoms with E-state index in [0.717, 1.165) is 17.7 Å². The van der Waals surface area contributed by atoms with E-state index in [1.54, 1.807) is 18.7 Å². The molecule has 23 heavy (non-hydrogen) atoms. The van der Waals surface area contributed by atoms with Crippen LogP contribution in [0.4, 0.5) is 11.6 Å². The predicted molar refractivity (Wildman–Crippen MR) is 83.0 cm³/mol. The molecule has 1 amide bonds. The van der Waals surface area contributed by atoms with Gasteiger partial charge in [-0.2, -0.15) is 0 Å². The summed E-state index contributed by atoms with van der Waals surface area (Å²) in [5.74, 6) is -1.09. The predicted octanol–water partition coefficient (Wildman–Crippen LogP) is 1.70. The van der Waals surface area contributed by atoms with Gasteiger partial charge in [-0.05, 0) is 31.9 Å². The lowest BCUT2D eigenvalue weighted by molar-refractivity contribution is -0.126. The highest BCUT2D eigenvalue weighted by molar-refractivity contribution is 6.01. The molecule has 2 N–H and O–H groups in total. The zero-order valence-electron chi connectivity index (χ0n) is 12.9. The van der Waals surface area contributed by atoms with Crippen LogP contribution < -0.4 is 10.6 Å². The molecule has 1 aromatic carbocycles. The van der Waals surface area contributed by atoms with Crippen molar-refractivity contribution in [2.75, 3.05) is 17.2 Å². The molecule has 0 fully saturated rings. The van der Waals surface area contributed by atoms with E-state index in [-0.39, 0.29) is 17.4 Å². The monoisotopic (exact) mass is 315 g/mol. The third-order valence-electron chi connectivity index (χ3n) is 3.88. The summed E-state index contributed by atoms with van der Waals surface area (Å²) in [6.45, 7) is 3.70. The molecule has 1 aliphatic rings. The second-order valence-electron chi connectivity index (χ2n) is 5.42. The van der Waals surface area contributed by atoms with Gasteiger partial charge in [-0.15, -0.1) is 0 Å². The van der Waals surface area contributed by atoms with Crippen molar-refractivity contribution in [3.05, 3.63) is 41.1 Å². The minimum absolute atomic E-state index is 0.0615. The van der Waals surface area contributed by atoms with E-state index in [1.165, 1.54) is 0 Å². The maximum absolute atomic E-state index is 12.6. The minimum atomic E-state index is -0.928. The van der Waals surface area contributed by atoms with E-state index >= 15 is 0 Å². The first-order valence-corrected chi connectivity index (χ1v) is 7.31. The number of nitrogen functional groups attached to an aromatic ring is 1. The normalized spacial score (nSPS) is 14.4. The zero-order chi connectivity index (χ0) is 16.6. The molecular formula is C16H17N3O4. The number of hydrogen-bond donors (Lipinski definition) is 1. The van der Waals surface area contributed by atoms with Crippen LogP contribution in [0, 0.1) is 6.92 Å². The number of aromatic nitrogens is 1. The van der Waals surface area contributed by atoms with E-state index in [4.69, 9.17) is 15.0 Å². The molecule has 0 aliphatic carbocycles. The Labute approximate surface area is 133 Å². The summed E-state index contributed by atoms with van der Waals surface area (Å²) in [5, 5.41) is 3.60. The van der Waals surface area contributed by atoms with Crippen LogP contribution >= 0.6 is 0 Å². The summed E-state index contributed by atoms with van der Waals surface area (Å²) in [4.78, 5) is 26.3. The molecule has 0 radical (unpaired) electrons. The fourth-order valence-corrected chi connectivity index (χ4v) is 2.69. The number of anilines is 2. The number of carbonyl (C=O) groups excluding carboxylic acids is 2. The number of amides is 1. The Bertz CT molecular complexity index is 749. The number of fused-ring (bicyclic) bond motifs is 1. The Morgan fingerprint density at radius 2 is 2.13 bits per heavy atom. The van der Waals surface area contributed by atoms with E-state index in [1.807, 2.05) is 24.3 Å². The molecule has 0 spiro atoms. The number of carbonyl (C=O) groups is 2. The van der Waals surface area contributed by atoms with Gasteiger partial charge in [-0.25, -0.2) is 4.79 Å². The molecule has 0 saturated carbocycles. The SMILES string of the molecule is Cc1noc(N)c1C(=O)O[C@H](C)C(=O)N1CCc2ccccc21. The molecule has 7 nitrogen and oxygen atoms in total. The van der Waals surface area contributed by atoms with Gasteiger partial charge in [0.25, 0.3) is 5.91 Å². The summed E-state index contributed by atoms with van der Waals surface area (Å²) in [6, 6.07) is 7.69. The largest absolute Gasteiger partial charge is 0.449 e. The number of nitrogens with zero attached hydrogens (tertiary/aromatic N) is 2. The highest BCUT2D eigenvalue weighted by atomic mass is 16.6. The minimum Gasteiger partial charge on any atom is -0.449 e. The third kappa shape index (κ3) is 2.65. The molecule has 0 saturated heterocycles. The van der Waals surface area contributed by atoms with Gasteiger partial charge in [-0.1, -0.05) is 23.4 Å². The summed E-state index contributed by atoms with van der Waals surface area (Å²) in [6.07, 6.45) is -0.136. The van der Waals surface area contributed by atoms with Gasteiger partial charge in [0.2, 0.25) is 5.88 Å². The Morgan fingerprint density at radius 1 is 1.39 bits per heavy atom. The van der Waals surface area contributed by atoms with Crippen LogP contribution in [0.1, 0.15) is 28.5 Å². The number of hydrogen-bond acceptors (Lipinski definition) is 6. The highest BCUT2D eigenvalue weighted by Gasteiger charge is 2.31.